The fourth-order valence-corrected chi connectivity index (χ4v) is 3.00. The van der Waals surface area contributed by atoms with Crippen LogP contribution >= 0.6 is 0 Å². The van der Waals surface area contributed by atoms with Crippen LogP contribution in [0.1, 0.15) is 18.1 Å². The summed E-state index contributed by atoms with van der Waals surface area (Å²) in [7, 11) is -2.15. The van der Waals surface area contributed by atoms with Gasteiger partial charge in [0.2, 0.25) is 10.0 Å². The highest BCUT2D eigenvalue weighted by Crippen LogP contribution is 2.28. The van der Waals surface area contributed by atoms with E-state index in [0.717, 1.165) is 11.1 Å². The van der Waals surface area contributed by atoms with E-state index in [0.29, 0.717) is 24.5 Å². The lowest BCUT2D eigenvalue weighted by molar-refractivity contribution is -0.123. The molecule has 0 bridgehead atoms. The Balaban J connectivity index is 1.81. The van der Waals surface area contributed by atoms with Crippen LogP contribution in [0, 0.1) is 0 Å². The van der Waals surface area contributed by atoms with Crippen molar-refractivity contribution in [2.45, 2.75) is 18.2 Å². The number of allylic oxidation sites excluding steroid dienone is 1. The molecular formula is C20H24N2O5S. The standard InChI is InChI=1S/C20H24N2O5S/c1-3-4-16-7-10-18(19(13-16)26-2)27-14-20(23)22-12-11-15-5-8-17(9-6-15)28(21,24)25/h3-10,13H,11-12,14H2,1-2H3,(H,22,23)(H2,21,24,25). The van der Waals surface area contributed by atoms with E-state index in [1.165, 1.54) is 12.1 Å². The zero-order valence-corrected chi connectivity index (χ0v) is 16.7. The van der Waals surface area contributed by atoms with Crippen LogP contribution in [0.15, 0.2) is 53.4 Å². The molecule has 2 aromatic carbocycles. The van der Waals surface area contributed by atoms with E-state index in [4.69, 9.17) is 14.6 Å². The van der Waals surface area contributed by atoms with E-state index < -0.39 is 10.0 Å². The maximum absolute atomic E-state index is 12.0. The molecule has 0 atom stereocenters. The van der Waals surface area contributed by atoms with Gasteiger partial charge in [-0.15, -0.1) is 0 Å². The van der Waals surface area contributed by atoms with E-state index in [1.54, 1.807) is 25.3 Å². The highest BCUT2D eigenvalue weighted by Gasteiger charge is 2.09. The maximum Gasteiger partial charge on any atom is 0.257 e. The van der Waals surface area contributed by atoms with Gasteiger partial charge >= 0.3 is 0 Å². The first-order valence-corrected chi connectivity index (χ1v) is 10.2. The Morgan fingerprint density at radius 3 is 2.46 bits per heavy atom. The van der Waals surface area contributed by atoms with Gasteiger partial charge in [0.05, 0.1) is 12.0 Å². The summed E-state index contributed by atoms with van der Waals surface area (Å²) in [5.74, 6) is 0.781. The van der Waals surface area contributed by atoms with Gasteiger partial charge in [-0.05, 0) is 48.7 Å². The number of carbonyl (C=O) groups is 1. The number of benzene rings is 2. The van der Waals surface area contributed by atoms with Crippen LogP contribution < -0.4 is 19.9 Å². The van der Waals surface area contributed by atoms with Crippen molar-refractivity contribution in [1.82, 2.24) is 5.32 Å². The summed E-state index contributed by atoms with van der Waals surface area (Å²) < 4.78 is 33.3. The second-order valence-corrected chi connectivity index (χ2v) is 7.55. The summed E-state index contributed by atoms with van der Waals surface area (Å²) in [5.41, 5.74) is 1.86. The number of hydrogen-bond donors (Lipinski definition) is 2. The van der Waals surface area contributed by atoms with Gasteiger partial charge in [0.1, 0.15) is 0 Å². The average Bonchev–Trinajstić information content (AvgIpc) is 2.67. The SMILES string of the molecule is CC=Cc1ccc(OCC(=O)NCCc2ccc(S(N)(=O)=O)cc2)c(OC)c1. The van der Waals surface area contributed by atoms with Gasteiger partial charge in [0.25, 0.3) is 5.91 Å². The van der Waals surface area contributed by atoms with Crippen molar-refractivity contribution in [1.29, 1.82) is 0 Å². The number of amides is 1. The van der Waals surface area contributed by atoms with Crippen molar-refractivity contribution in [3.63, 3.8) is 0 Å². The Bertz CT molecular complexity index is 938. The molecule has 0 radical (unpaired) electrons. The molecule has 1 amide bonds. The lowest BCUT2D eigenvalue weighted by Crippen LogP contribution is -2.30. The Kier molecular flexibility index (Phi) is 7.60. The minimum absolute atomic E-state index is 0.0584. The Labute approximate surface area is 165 Å². The second-order valence-electron chi connectivity index (χ2n) is 5.99. The minimum atomic E-state index is -3.70. The molecule has 0 fully saturated rings. The lowest BCUT2D eigenvalue weighted by atomic mass is 10.1. The first-order valence-electron chi connectivity index (χ1n) is 8.65. The topological polar surface area (TPSA) is 108 Å². The molecule has 2 aromatic rings. The van der Waals surface area contributed by atoms with Crippen LogP contribution in [-0.4, -0.2) is 34.6 Å². The summed E-state index contributed by atoms with van der Waals surface area (Å²) in [6.07, 6.45) is 4.41. The van der Waals surface area contributed by atoms with E-state index in [-0.39, 0.29) is 17.4 Å². The second kappa shape index (κ2) is 9.91. The number of hydrogen-bond acceptors (Lipinski definition) is 5. The molecule has 3 N–H and O–H groups in total. The molecule has 0 aliphatic rings. The third-order valence-electron chi connectivity index (χ3n) is 3.89. The largest absolute Gasteiger partial charge is 0.493 e. The highest BCUT2D eigenvalue weighted by molar-refractivity contribution is 7.89. The van der Waals surface area contributed by atoms with Crippen LogP contribution in [0.4, 0.5) is 0 Å². The number of nitrogens with one attached hydrogen (secondary N) is 1. The molecule has 0 saturated carbocycles. The van der Waals surface area contributed by atoms with E-state index in [9.17, 15) is 13.2 Å². The van der Waals surface area contributed by atoms with Gasteiger partial charge in [-0.25, -0.2) is 13.6 Å². The molecule has 8 heteroatoms. The minimum Gasteiger partial charge on any atom is -0.493 e. The first kappa shape index (κ1) is 21.5. The number of sulfonamides is 1. The molecule has 0 spiro atoms. The molecule has 7 nitrogen and oxygen atoms in total. The zero-order valence-electron chi connectivity index (χ0n) is 15.8. The third kappa shape index (κ3) is 6.40. The van der Waals surface area contributed by atoms with Crippen LogP contribution in [0.2, 0.25) is 0 Å². The number of carbonyl (C=O) groups excluding carboxylic acids is 1. The van der Waals surface area contributed by atoms with Crippen molar-refractivity contribution in [2.75, 3.05) is 20.3 Å². The molecule has 150 valence electrons. The Morgan fingerprint density at radius 2 is 1.86 bits per heavy atom. The molecule has 0 aliphatic carbocycles. The number of ether oxygens (including phenoxy) is 2. The number of rotatable bonds is 9. The van der Waals surface area contributed by atoms with Gasteiger partial charge in [-0.3, -0.25) is 4.79 Å². The molecule has 0 saturated heterocycles. The van der Waals surface area contributed by atoms with Gasteiger partial charge < -0.3 is 14.8 Å². The van der Waals surface area contributed by atoms with Crippen LogP contribution in [0.25, 0.3) is 6.08 Å². The fourth-order valence-electron chi connectivity index (χ4n) is 2.49. The van der Waals surface area contributed by atoms with Crippen molar-refractivity contribution in [3.8, 4) is 11.5 Å². The van der Waals surface area contributed by atoms with Crippen LogP contribution in [0.3, 0.4) is 0 Å². The van der Waals surface area contributed by atoms with E-state index in [2.05, 4.69) is 5.32 Å². The predicted molar refractivity (Wildman–Crippen MR) is 108 cm³/mol. The van der Waals surface area contributed by atoms with Crippen molar-refractivity contribution in [3.05, 3.63) is 59.7 Å². The fraction of sp³-hybridized carbons (Fsp3) is 0.250. The van der Waals surface area contributed by atoms with Gasteiger partial charge in [-0.2, -0.15) is 0 Å². The highest BCUT2D eigenvalue weighted by atomic mass is 32.2. The quantitative estimate of drug-likeness (QED) is 0.666. The molecule has 0 aliphatic heterocycles. The van der Waals surface area contributed by atoms with Gasteiger partial charge in [0, 0.05) is 6.54 Å². The Hall–Kier alpha value is -2.84. The summed E-state index contributed by atoms with van der Waals surface area (Å²) in [5, 5.41) is 7.82. The van der Waals surface area contributed by atoms with Crippen LogP contribution in [0.5, 0.6) is 11.5 Å². The lowest BCUT2D eigenvalue weighted by Gasteiger charge is -2.11. The summed E-state index contributed by atoms with van der Waals surface area (Å²) in [6.45, 7) is 2.19. The number of nitrogens with two attached hydrogens (primary N) is 1. The Morgan fingerprint density at radius 1 is 1.14 bits per heavy atom. The smallest absolute Gasteiger partial charge is 0.257 e. The molecule has 0 unspecified atom stereocenters. The van der Waals surface area contributed by atoms with Gasteiger partial charge in [-0.1, -0.05) is 30.4 Å². The molecule has 2 rings (SSSR count). The zero-order chi connectivity index (χ0) is 20.6. The normalized spacial score (nSPS) is 11.4. The predicted octanol–water partition coefficient (Wildman–Crippen LogP) is 2.11. The maximum atomic E-state index is 12.0. The molecule has 0 aromatic heterocycles. The van der Waals surface area contributed by atoms with Crippen molar-refractivity contribution in [2.24, 2.45) is 5.14 Å². The summed E-state index contributed by atoms with van der Waals surface area (Å²) in [6, 6.07) is 11.7. The monoisotopic (exact) mass is 404 g/mol. The summed E-state index contributed by atoms with van der Waals surface area (Å²) >= 11 is 0. The van der Waals surface area contributed by atoms with E-state index >= 15 is 0 Å². The van der Waals surface area contributed by atoms with Crippen LogP contribution in [-0.2, 0) is 21.2 Å². The number of primary sulfonamides is 1. The molecular weight excluding hydrogens is 380 g/mol. The molecule has 28 heavy (non-hydrogen) atoms. The van der Waals surface area contributed by atoms with Gasteiger partial charge in [0.15, 0.2) is 18.1 Å². The summed E-state index contributed by atoms with van der Waals surface area (Å²) in [4.78, 5) is 12.0. The van der Waals surface area contributed by atoms with Crippen molar-refractivity contribution >= 4 is 22.0 Å². The molecule has 0 heterocycles. The average molecular weight is 404 g/mol. The third-order valence-corrected chi connectivity index (χ3v) is 4.82. The number of methoxy groups -OCH3 is 1. The van der Waals surface area contributed by atoms with Crippen molar-refractivity contribution < 1.29 is 22.7 Å². The van der Waals surface area contributed by atoms with E-state index in [1.807, 2.05) is 31.2 Å². The first-order chi connectivity index (χ1) is 13.3.